The number of fused-ring (bicyclic) bond motifs is 1. The summed E-state index contributed by atoms with van der Waals surface area (Å²) in [5.41, 5.74) is 0.829. The summed E-state index contributed by atoms with van der Waals surface area (Å²) < 4.78 is 32.8. The van der Waals surface area contributed by atoms with Crippen LogP contribution in [0.2, 0.25) is 5.02 Å². The number of carbonyl (C=O) groups is 2. The van der Waals surface area contributed by atoms with Crippen LogP contribution in [0.25, 0.3) is 10.1 Å². The summed E-state index contributed by atoms with van der Waals surface area (Å²) in [5.74, 6) is -1.22. The number of hydrogen-bond donors (Lipinski definition) is 1. The summed E-state index contributed by atoms with van der Waals surface area (Å²) in [5, 5.41) is 3.67. The second-order valence-electron chi connectivity index (χ2n) is 6.41. The van der Waals surface area contributed by atoms with E-state index in [0.717, 1.165) is 21.2 Å². The van der Waals surface area contributed by atoms with Crippen molar-refractivity contribution in [3.05, 3.63) is 64.0 Å². The summed E-state index contributed by atoms with van der Waals surface area (Å²) >= 11 is 6.87. The zero-order valence-corrected chi connectivity index (χ0v) is 18.6. The van der Waals surface area contributed by atoms with Crippen LogP contribution < -0.4 is 5.32 Å². The van der Waals surface area contributed by atoms with E-state index in [1.807, 2.05) is 0 Å². The number of ether oxygens (including phenoxy) is 1. The number of nitrogens with one attached hydrogen (secondary N) is 1. The molecule has 1 N–H and O–H groups in total. The molecule has 3 aromatic rings. The van der Waals surface area contributed by atoms with Gasteiger partial charge in [0.15, 0.2) is 0 Å². The van der Waals surface area contributed by atoms with Gasteiger partial charge in [-0.3, -0.25) is 4.79 Å². The zero-order chi connectivity index (χ0) is 21.9. The highest BCUT2D eigenvalue weighted by atomic mass is 35.5. The maximum absolute atomic E-state index is 13.2. The summed E-state index contributed by atoms with van der Waals surface area (Å²) in [4.78, 5) is 24.3. The Morgan fingerprint density at radius 3 is 2.47 bits per heavy atom. The molecule has 2 aromatic carbocycles. The molecule has 0 bridgehead atoms. The topological polar surface area (TPSA) is 92.8 Å². The highest BCUT2D eigenvalue weighted by Gasteiger charge is 2.32. The molecule has 0 spiro atoms. The second-order valence-corrected chi connectivity index (χ2v) is 9.88. The Morgan fingerprint density at radius 1 is 1.13 bits per heavy atom. The quantitative estimate of drug-likeness (QED) is 0.539. The van der Waals surface area contributed by atoms with Gasteiger partial charge in [0.05, 0.1) is 13.7 Å². The Balaban J connectivity index is 1.81. The number of rotatable bonds is 7. The van der Waals surface area contributed by atoms with Gasteiger partial charge in [-0.2, -0.15) is 4.31 Å². The molecule has 1 amide bonds. The number of methoxy groups -OCH3 is 1. The number of benzene rings is 2. The van der Waals surface area contributed by atoms with E-state index in [-0.39, 0.29) is 16.3 Å². The minimum Gasteiger partial charge on any atom is -0.465 e. The Morgan fingerprint density at radius 2 is 1.80 bits per heavy atom. The van der Waals surface area contributed by atoms with Gasteiger partial charge < -0.3 is 10.1 Å². The summed E-state index contributed by atoms with van der Waals surface area (Å²) in [6, 6.07) is 13.7. The lowest BCUT2D eigenvalue weighted by Crippen LogP contribution is -2.38. The van der Waals surface area contributed by atoms with Crippen molar-refractivity contribution in [1.82, 2.24) is 9.62 Å². The number of nitrogens with zero attached hydrogens (tertiary/aromatic N) is 1. The van der Waals surface area contributed by atoms with Gasteiger partial charge in [-0.1, -0.05) is 41.9 Å². The predicted molar refractivity (Wildman–Crippen MR) is 116 cm³/mol. The third-order valence-corrected chi connectivity index (χ3v) is 7.78. The van der Waals surface area contributed by atoms with Crippen LogP contribution in [0.15, 0.2) is 53.4 Å². The molecular formula is C20H19ClN2O5S2. The number of amides is 1. The molecule has 0 radical (unpaired) electrons. The monoisotopic (exact) mass is 466 g/mol. The third kappa shape index (κ3) is 4.65. The lowest BCUT2D eigenvalue weighted by atomic mass is 10.2. The summed E-state index contributed by atoms with van der Waals surface area (Å²) in [6.07, 6.45) is 0. The Bertz CT molecular complexity index is 1190. The normalized spacial score (nSPS) is 11.6. The predicted octanol–water partition coefficient (Wildman–Crippen LogP) is 3.28. The average molecular weight is 467 g/mol. The molecule has 0 fully saturated rings. The van der Waals surface area contributed by atoms with Crippen molar-refractivity contribution in [3.63, 3.8) is 0 Å². The highest BCUT2D eigenvalue weighted by Crippen LogP contribution is 2.36. The number of carbonyl (C=O) groups excluding carboxylic acids is 2. The van der Waals surface area contributed by atoms with E-state index in [1.54, 1.807) is 48.5 Å². The van der Waals surface area contributed by atoms with Crippen LogP contribution in [-0.4, -0.2) is 45.3 Å². The van der Waals surface area contributed by atoms with Gasteiger partial charge in [-0.25, -0.2) is 13.2 Å². The van der Waals surface area contributed by atoms with Crippen LogP contribution in [0.4, 0.5) is 0 Å². The number of likely N-dealkylation sites (N-methyl/N-ethyl adjacent to an activating group) is 1. The van der Waals surface area contributed by atoms with Crippen molar-refractivity contribution >= 4 is 54.9 Å². The summed E-state index contributed by atoms with van der Waals surface area (Å²) in [6.45, 7) is -0.167. The van der Waals surface area contributed by atoms with Gasteiger partial charge in [0.1, 0.15) is 9.77 Å². The molecular weight excluding hydrogens is 448 g/mol. The minimum atomic E-state index is -4.13. The van der Waals surface area contributed by atoms with E-state index < -0.39 is 28.4 Å². The van der Waals surface area contributed by atoms with Crippen LogP contribution in [0.3, 0.4) is 0 Å². The molecule has 0 aliphatic rings. The first-order valence-electron chi connectivity index (χ1n) is 8.81. The number of halogens is 1. The van der Waals surface area contributed by atoms with E-state index in [1.165, 1.54) is 14.2 Å². The maximum Gasteiger partial charge on any atom is 0.349 e. The minimum absolute atomic E-state index is 0.0212. The molecule has 0 aliphatic heterocycles. The molecule has 1 heterocycles. The fourth-order valence-corrected chi connectivity index (χ4v) is 5.83. The molecule has 0 atom stereocenters. The molecule has 0 aliphatic carbocycles. The van der Waals surface area contributed by atoms with Crippen molar-refractivity contribution in [2.24, 2.45) is 0 Å². The van der Waals surface area contributed by atoms with Gasteiger partial charge in [0.25, 0.3) is 0 Å². The molecule has 7 nitrogen and oxygen atoms in total. The van der Waals surface area contributed by atoms with Crippen LogP contribution in [0, 0.1) is 0 Å². The van der Waals surface area contributed by atoms with Gasteiger partial charge in [0.2, 0.25) is 15.9 Å². The first kappa shape index (κ1) is 22.2. The van der Waals surface area contributed by atoms with Gasteiger partial charge >= 0.3 is 5.97 Å². The zero-order valence-electron chi connectivity index (χ0n) is 16.2. The lowest BCUT2D eigenvalue weighted by molar-refractivity contribution is -0.121. The van der Waals surface area contributed by atoms with Crippen molar-refractivity contribution in [3.8, 4) is 0 Å². The summed E-state index contributed by atoms with van der Waals surface area (Å²) in [7, 11) is -1.64. The molecule has 0 unspecified atom stereocenters. The smallest absolute Gasteiger partial charge is 0.349 e. The molecule has 0 saturated carbocycles. The average Bonchev–Trinajstić information content (AvgIpc) is 3.13. The van der Waals surface area contributed by atoms with Crippen molar-refractivity contribution < 1.29 is 22.7 Å². The van der Waals surface area contributed by atoms with E-state index in [9.17, 15) is 18.0 Å². The van der Waals surface area contributed by atoms with Gasteiger partial charge in [0, 0.05) is 28.7 Å². The van der Waals surface area contributed by atoms with E-state index in [4.69, 9.17) is 16.3 Å². The Hall–Kier alpha value is -2.46. The van der Waals surface area contributed by atoms with Crippen molar-refractivity contribution in [2.75, 3.05) is 20.7 Å². The number of sulfonamides is 1. The van der Waals surface area contributed by atoms with Gasteiger partial charge in [-0.15, -0.1) is 11.3 Å². The molecule has 0 saturated heterocycles. The van der Waals surface area contributed by atoms with E-state index >= 15 is 0 Å². The lowest BCUT2D eigenvalue weighted by Gasteiger charge is -2.17. The second kappa shape index (κ2) is 9.13. The van der Waals surface area contributed by atoms with Crippen molar-refractivity contribution in [2.45, 2.75) is 11.4 Å². The number of hydrogen-bond acceptors (Lipinski definition) is 6. The largest absolute Gasteiger partial charge is 0.465 e. The van der Waals surface area contributed by atoms with Crippen LogP contribution in [-0.2, 0) is 26.1 Å². The van der Waals surface area contributed by atoms with Crippen LogP contribution in [0.1, 0.15) is 15.2 Å². The fourth-order valence-electron chi connectivity index (χ4n) is 2.81. The SMILES string of the molecule is COC(=O)c1sc2ccccc2c1S(=O)(=O)N(C)CC(=O)NCc1ccc(Cl)cc1. The maximum atomic E-state index is 13.2. The van der Waals surface area contributed by atoms with E-state index in [2.05, 4.69) is 5.32 Å². The molecule has 10 heteroatoms. The number of esters is 1. The van der Waals surface area contributed by atoms with Gasteiger partial charge in [-0.05, 0) is 23.8 Å². The Labute approximate surface area is 183 Å². The fraction of sp³-hybridized carbons (Fsp3) is 0.200. The first-order chi connectivity index (χ1) is 14.2. The molecule has 3 rings (SSSR count). The third-order valence-electron chi connectivity index (χ3n) is 4.36. The molecule has 158 valence electrons. The Kier molecular flexibility index (Phi) is 6.77. The van der Waals surface area contributed by atoms with E-state index in [0.29, 0.717) is 15.1 Å². The molecule has 30 heavy (non-hydrogen) atoms. The number of thiophene rings is 1. The van der Waals surface area contributed by atoms with Crippen LogP contribution >= 0.6 is 22.9 Å². The first-order valence-corrected chi connectivity index (χ1v) is 11.4. The standard InChI is InChI=1S/C20H19ClN2O5S2/c1-23(12-17(24)22-11-13-7-9-14(21)10-8-13)30(26,27)19-15-5-3-4-6-16(15)29-18(19)20(25)28-2/h3-10H,11-12H2,1-2H3,(H,22,24). The van der Waals surface area contributed by atoms with Crippen molar-refractivity contribution in [1.29, 1.82) is 0 Å². The highest BCUT2D eigenvalue weighted by molar-refractivity contribution is 7.89. The molecule has 1 aromatic heterocycles. The van der Waals surface area contributed by atoms with Crippen LogP contribution in [0.5, 0.6) is 0 Å².